The van der Waals surface area contributed by atoms with E-state index in [-0.39, 0.29) is 12.6 Å². The van der Waals surface area contributed by atoms with E-state index in [1.165, 1.54) is 0 Å². The summed E-state index contributed by atoms with van der Waals surface area (Å²) in [6.07, 6.45) is 3.21. The number of nitrogens with one attached hydrogen (secondary N) is 2. The van der Waals surface area contributed by atoms with Crippen molar-refractivity contribution in [3.8, 4) is 22.8 Å². The Balaban J connectivity index is 1.36. The van der Waals surface area contributed by atoms with Crippen LogP contribution in [0.25, 0.3) is 11.3 Å². The fourth-order valence-electron chi connectivity index (χ4n) is 2.74. The lowest BCUT2D eigenvalue weighted by molar-refractivity contribution is 0.102. The topological polar surface area (TPSA) is 94.1 Å². The third-order valence-corrected chi connectivity index (χ3v) is 4.49. The van der Waals surface area contributed by atoms with Crippen LogP contribution in [-0.2, 0) is 6.73 Å². The van der Waals surface area contributed by atoms with Crippen LogP contribution in [0.3, 0.4) is 0 Å². The minimum atomic E-state index is -0.322. The first-order valence-corrected chi connectivity index (χ1v) is 9.40. The molecular formula is C21H18ClN5O3. The molecular weight excluding hydrogens is 406 g/mol. The van der Waals surface area contributed by atoms with Gasteiger partial charge >= 0.3 is 0 Å². The van der Waals surface area contributed by atoms with E-state index in [0.717, 1.165) is 11.3 Å². The number of amides is 1. The number of methoxy groups -OCH3 is 1. The summed E-state index contributed by atoms with van der Waals surface area (Å²) < 4.78 is 12.3. The Hall–Kier alpha value is -3.78. The highest BCUT2D eigenvalue weighted by atomic mass is 35.5. The van der Waals surface area contributed by atoms with Gasteiger partial charge in [0.15, 0.2) is 6.73 Å². The minimum absolute atomic E-state index is 0.182. The highest BCUT2D eigenvalue weighted by molar-refractivity contribution is 6.30. The average Bonchev–Trinajstić information content (AvgIpc) is 3.42. The molecule has 0 aliphatic carbocycles. The van der Waals surface area contributed by atoms with Gasteiger partial charge in [-0.3, -0.25) is 9.89 Å². The van der Waals surface area contributed by atoms with E-state index in [1.807, 2.05) is 24.3 Å². The number of carbonyl (C=O) groups is 1. The molecule has 0 fully saturated rings. The summed E-state index contributed by atoms with van der Waals surface area (Å²) in [7, 11) is 1.61. The predicted octanol–water partition coefficient (Wildman–Crippen LogP) is 4.22. The van der Waals surface area contributed by atoms with Gasteiger partial charge in [0.05, 0.1) is 30.9 Å². The molecule has 1 amide bonds. The van der Waals surface area contributed by atoms with Crippen LogP contribution in [0.2, 0.25) is 5.02 Å². The second-order valence-corrected chi connectivity index (χ2v) is 6.79. The fraction of sp³-hybridized carbons (Fsp3) is 0.0952. The van der Waals surface area contributed by atoms with Gasteiger partial charge in [0.25, 0.3) is 5.91 Å². The lowest BCUT2D eigenvalue weighted by atomic mass is 10.1. The van der Waals surface area contributed by atoms with Crippen molar-refractivity contribution >= 4 is 23.2 Å². The van der Waals surface area contributed by atoms with Gasteiger partial charge in [-0.1, -0.05) is 17.7 Å². The lowest BCUT2D eigenvalue weighted by Gasteiger charge is -2.06. The highest BCUT2D eigenvalue weighted by Crippen LogP contribution is 2.22. The van der Waals surface area contributed by atoms with Gasteiger partial charge in [-0.05, 0) is 48.5 Å². The lowest BCUT2D eigenvalue weighted by Crippen LogP contribution is -2.12. The zero-order valence-corrected chi connectivity index (χ0v) is 16.8. The van der Waals surface area contributed by atoms with E-state index < -0.39 is 0 Å². The molecule has 0 aliphatic heterocycles. The Kier molecular flexibility index (Phi) is 5.67. The van der Waals surface area contributed by atoms with Crippen LogP contribution in [0.4, 0.5) is 5.69 Å². The van der Waals surface area contributed by atoms with E-state index >= 15 is 0 Å². The van der Waals surface area contributed by atoms with Crippen LogP contribution in [0, 0.1) is 0 Å². The molecule has 0 atom stereocenters. The first-order chi connectivity index (χ1) is 14.6. The first kappa shape index (κ1) is 19.5. The molecule has 9 heteroatoms. The number of anilines is 1. The molecule has 8 nitrogen and oxygen atoms in total. The third-order valence-electron chi connectivity index (χ3n) is 4.26. The van der Waals surface area contributed by atoms with E-state index in [2.05, 4.69) is 20.6 Å². The molecule has 2 aromatic heterocycles. The summed E-state index contributed by atoms with van der Waals surface area (Å²) in [6.45, 7) is 0.182. The minimum Gasteiger partial charge on any atom is -0.497 e. The monoisotopic (exact) mass is 423 g/mol. The number of hydrogen-bond donors (Lipinski definition) is 2. The number of rotatable bonds is 7. The van der Waals surface area contributed by atoms with E-state index in [4.69, 9.17) is 21.1 Å². The maximum atomic E-state index is 12.5. The van der Waals surface area contributed by atoms with Crippen LogP contribution < -0.4 is 14.8 Å². The Morgan fingerprint density at radius 2 is 2.00 bits per heavy atom. The van der Waals surface area contributed by atoms with Crippen molar-refractivity contribution in [2.75, 3.05) is 12.4 Å². The van der Waals surface area contributed by atoms with Crippen LogP contribution >= 0.6 is 11.6 Å². The molecule has 0 bridgehead atoms. The standard InChI is InChI=1S/C21H18ClN5O3/c1-29-17-7-5-14(6-8-17)19-10-20(26-25-19)21(28)24-16-11-23-27(12-16)13-30-18-4-2-3-15(22)9-18/h2-12H,13H2,1H3,(H,24,28)(H,25,26). The quantitative estimate of drug-likeness (QED) is 0.464. The number of H-pyrrole nitrogens is 1. The van der Waals surface area contributed by atoms with Crippen molar-refractivity contribution in [2.24, 2.45) is 0 Å². The smallest absolute Gasteiger partial charge is 0.273 e. The number of nitrogens with zero attached hydrogens (tertiary/aromatic N) is 3. The number of aromatic amines is 1. The molecule has 4 rings (SSSR count). The van der Waals surface area contributed by atoms with Gasteiger partial charge in [0.2, 0.25) is 0 Å². The number of ether oxygens (including phenoxy) is 2. The maximum absolute atomic E-state index is 12.5. The number of benzene rings is 2. The Morgan fingerprint density at radius 3 is 2.77 bits per heavy atom. The van der Waals surface area contributed by atoms with Gasteiger partial charge in [0.1, 0.15) is 17.2 Å². The summed E-state index contributed by atoms with van der Waals surface area (Å²) >= 11 is 5.94. The van der Waals surface area contributed by atoms with Crippen molar-refractivity contribution in [2.45, 2.75) is 6.73 Å². The fourth-order valence-corrected chi connectivity index (χ4v) is 2.92. The van der Waals surface area contributed by atoms with Gasteiger partial charge in [0, 0.05) is 10.6 Å². The molecule has 0 saturated heterocycles. The molecule has 2 aromatic carbocycles. The second-order valence-electron chi connectivity index (χ2n) is 6.35. The SMILES string of the molecule is COc1ccc(-c2cc(C(=O)Nc3cnn(COc4cccc(Cl)c4)c3)[nH]n2)cc1. The Bertz CT molecular complexity index is 1150. The maximum Gasteiger partial charge on any atom is 0.273 e. The summed E-state index contributed by atoms with van der Waals surface area (Å²) in [5, 5.41) is 14.5. The molecule has 2 heterocycles. The van der Waals surface area contributed by atoms with Crippen molar-refractivity contribution in [1.29, 1.82) is 0 Å². The third kappa shape index (κ3) is 4.61. The van der Waals surface area contributed by atoms with Crippen LogP contribution in [0.1, 0.15) is 10.5 Å². The van der Waals surface area contributed by atoms with Gasteiger partial charge in [-0.2, -0.15) is 10.2 Å². The zero-order chi connectivity index (χ0) is 20.9. The normalized spacial score (nSPS) is 10.6. The van der Waals surface area contributed by atoms with Gasteiger partial charge in [-0.25, -0.2) is 4.68 Å². The summed E-state index contributed by atoms with van der Waals surface area (Å²) in [5.74, 6) is 1.06. The number of halogens is 1. The molecule has 152 valence electrons. The number of carbonyl (C=O) groups excluding carboxylic acids is 1. The van der Waals surface area contributed by atoms with E-state index in [0.29, 0.717) is 27.8 Å². The Morgan fingerprint density at radius 1 is 1.17 bits per heavy atom. The molecule has 0 saturated carbocycles. The number of aromatic nitrogens is 4. The van der Waals surface area contributed by atoms with Crippen molar-refractivity contribution in [3.63, 3.8) is 0 Å². The number of hydrogen-bond acceptors (Lipinski definition) is 5. The molecule has 0 radical (unpaired) electrons. The summed E-state index contributed by atoms with van der Waals surface area (Å²) in [4.78, 5) is 12.5. The van der Waals surface area contributed by atoms with Crippen LogP contribution in [-0.4, -0.2) is 33.0 Å². The largest absolute Gasteiger partial charge is 0.497 e. The first-order valence-electron chi connectivity index (χ1n) is 9.03. The molecule has 0 spiro atoms. The second kappa shape index (κ2) is 8.71. The van der Waals surface area contributed by atoms with E-state index in [9.17, 15) is 4.79 Å². The molecule has 2 N–H and O–H groups in total. The van der Waals surface area contributed by atoms with Crippen LogP contribution in [0.15, 0.2) is 67.0 Å². The molecule has 30 heavy (non-hydrogen) atoms. The summed E-state index contributed by atoms with van der Waals surface area (Å²) in [5.41, 5.74) is 2.41. The molecule has 0 aliphatic rings. The zero-order valence-electron chi connectivity index (χ0n) is 16.0. The highest BCUT2D eigenvalue weighted by Gasteiger charge is 2.12. The summed E-state index contributed by atoms with van der Waals surface area (Å²) in [6, 6.07) is 16.2. The Labute approximate surface area is 177 Å². The predicted molar refractivity (Wildman–Crippen MR) is 113 cm³/mol. The van der Waals surface area contributed by atoms with Gasteiger partial charge in [-0.15, -0.1) is 0 Å². The van der Waals surface area contributed by atoms with Crippen molar-refractivity contribution in [3.05, 3.63) is 77.7 Å². The van der Waals surface area contributed by atoms with Crippen molar-refractivity contribution in [1.82, 2.24) is 20.0 Å². The van der Waals surface area contributed by atoms with Crippen molar-refractivity contribution < 1.29 is 14.3 Å². The average molecular weight is 424 g/mol. The van der Waals surface area contributed by atoms with Crippen LogP contribution in [0.5, 0.6) is 11.5 Å². The van der Waals surface area contributed by atoms with Gasteiger partial charge < -0.3 is 14.8 Å². The van der Waals surface area contributed by atoms with E-state index in [1.54, 1.807) is 54.5 Å². The molecule has 0 unspecified atom stereocenters. The molecule has 4 aromatic rings.